The van der Waals surface area contributed by atoms with Crippen LogP contribution in [-0.2, 0) is 14.2 Å². The van der Waals surface area contributed by atoms with Crippen molar-refractivity contribution in [3.8, 4) is 0 Å². The van der Waals surface area contributed by atoms with E-state index in [4.69, 9.17) is 14.2 Å². The van der Waals surface area contributed by atoms with E-state index < -0.39 is 0 Å². The predicted molar refractivity (Wildman–Crippen MR) is 216 cm³/mol. The summed E-state index contributed by atoms with van der Waals surface area (Å²) >= 11 is 0. The van der Waals surface area contributed by atoms with E-state index in [9.17, 15) is 4.39 Å². The standard InChI is InChI=1S/C8H9F.2C8H16.C8H10.C7H14O.C6H12O2.CH4/c1-6-3-4-7(2)8(9)5-6;3*1-7-3-5-8(2)6-4-7;1-6-3-4-7(2)8-5-6;1-5-3-7-6(2)8-4-5;/h3-5H,1-2H3;2*7-8H,3-6H2,1-2H3;3-6H,1-2H3;6-7H,3-5H2,1-2H3;5-6H,3-4H2,1-2H3;1H4. The molecule has 50 heavy (non-hydrogen) atoms. The molecular weight excluding hydrogens is 620 g/mol. The van der Waals surface area contributed by atoms with Crippen molar-refractivity contribution in [2.24, 2.45) is 35.5 Å². The Morgan fingerprint density at radius 2 is 0.780 bits per heavy atom. The lowest BCUT2D eigenvalue weighted by atomic mass is 9.84. The second-order valence-corrected chi connectivity index (χ2v) is 16.3. The third-order valence-electron chi connectivity index (χ3n) is 10.1. The maximum absolute atomic E-state index is 12.6. The van der Waals surface area contributed by atoms with Crippen LogP contribution in [0.15, 0.2) is 42.5 Å². The molecule has 3 nitrogen and oxygen atoms in total. The number of ether oxygens (including phenoxy) is 3. The van der Waals surface area contributed by atoms with E-state index in [0.29, 0.717) is 17.6 Å². The van der Waals surface area contributed by atoms with Crippen molar-refractivity contribution >= 4 is 0 Å². The molecule has 0 spiro atoms. The summed E-state index contributed by atoms with van der Waals surface area (Å²) in [5, 5.41) is 0. The van der Waals surface area contributed by atoms with Crippen LogP contribution in [0.4, 0.5) is 4.39 Å². The third kappa shape index (κ3) is 25.2. The molecule has 2 aromatic rings. The van der Waals surface area contributed by atoms with Gasteiger partial charge in [-0.05, 0) is 101 Å². The Bertz CT molecular complexity index is 912. The van der Waals surface area contributed by atoms with Crippen LogP contribution >= 0.6 is 0 Å². The van der Waals surface area contributed by atoms with Crippen LogP contribution in [0.5, 0.6) is 0 Å². The largest absolute Gasteiger partial charge is 0.378 e. The second-order valence-electron chi connectivity index (χ2n) is 16.3. The normalized spacial score (nSPS) is 28.7. The van der Waals surface area contributed by atoms with E-state index in [0.717, 1.165) is 55.0 Å². The molecule has 2 atom stereocenters. The van der Waals surface area contributed by atoms with E-state index in [2.05, 4.69) is 86.6 Å². The summed E-state index contributed by atoms with van der Waals surface area (Å²) in [5.41, 5.74) is 4.34. The fourth-order valence-corrected chi connectivity index (χ4v) is 5.90. The summed E-state index contributed by atoms with van der Waals surface area (Å²) in [6, 6.07) is 13.7. The number of halogens is 1. The van der Waals surface area contributed by atoms with E-state index >= 15 is 0 Å². The van der Waals surface area contributed by atoms with Gasteiger partial charge in [-0.3, -0.25) is 0 Å². The minimum Gasteiger partial charge on any atom is -0.378 e. The highest BCUT2D eigenvalue weighted by Gasteiger charge is 2.15. The van der Waals surface area contributed by atoms with Crippen LogP contribution in [0.1, 0.15) is 149 Å². The van der Waals surface area contributed by atoms with E-state index in [1.807, 2.05) is 19.9 Å². The van der Waals surface area contributed by atoms with Gasteiger partial charge in [0, 0.05) is 12.5 Å². The van der Waals surface area contributed by atoms with Crippen molar-refractivity contribution in [1.82, 2.24) is 0 Å². The smallest absolute Gasteiger partial charge is 0.154 e. The van der Waals surface area contributed by atoms with Gasteiger partial charge < -0.3 is 14.2 Å². The molecule has 0 amide bonds. The van der Waals surface area contributed by atoms with Gasteiger partial charge in [0.25, 0.3) is 0 Å². The molecule has 0 radical (unpaired) electrons. The predicted octanol–water partition coefficient (Wildman–Crippen LogP) is 13.9. The van der Waals surface area contributed by atoms with Crippen LogP contribution in [0.2, 0.25) is 0 Å². The van der Waals surface area contributed by atoms with Crippen LogP contribution in [0.25, 0.3) is 0 Å². The van der Waals surface area contributed by atoms with Gasteiger partial charge in [-0.2, -0.15) is 0 Å². The van der Waals surface area contributed by atoms with Gasteiger partial charge in [0.2, 0.25) is 0 Å². The Hall–Kier alpha value is -1.75. The van der Waals surface area contributed by atoms with Crippen LogP contribution in [-0.4, -0.2) is 32.2 Å². The highest BCUT2D eigenvalue weighted by atomic mass is 19.1. The van der Waals surface area contributed by atoms with Crippen molar-refractivity contribution in [3.05, 3.63) is 70.5 Å². The Labute approximate surface area is 310 Å². The minimum atomic E-state index is -0.116. The Kier molecular flexibility index (Phi) is 26.9. The molecule has 4 fully saturated rings. The van der Waals surface area contributed by atoms with Gasteiger partial charge in [-0.1, -0.05) is 148 Å². The molecule has 4 heteroatoms. The number of hydrogen-bond donors (Lipinski definition) is 0. The zero-order valence-corrected chi connectivity index (χ0v) is 34.0. The molecule has 0 bridgehead atoms. The molecule has 2 aromatic carbocycles. The van der Waals surface area contributed by atoms with E-state index in [1.165, 1.54) is 81.4 Å². The molecule has 2 unspecified atom stereocenters. The lowest BCUT2D eigenvalue weighted by Gasteiger charge is -2.24. The molecule has 2 saturated heterocycles. The quantitative estimate of drug-likeness (QED) is 0.274. The first-order valence-electron chi connectivity index (χ1n) is 19.7. The number of rotatable bonds is 0. The van der Waals surface area contributed by atoms with Gasteiger partial charge in [0.1, 0.15) is 5.82 Å². The molecule has 2 aliphatic heterocycles. The number of aryl methyl sites for hydroxylation is 4. The molecule has 0 N–H and O–H groups in total. The lowest BCUT2D eigenvalue weighted by molar-refractivity contribution is -0.187. The van der Waals surface area contributed by atoms with Crippen molar-refractivity contribution in [2.45, 2.75) is 167 Å². The first kappa shape index (κ1) is 48.2. The zero-order chi connectivity index (χ0) is 36.8. The highest BCUT2D eigenvalue weighted by Crippen LogP contribution is 2.28. The molecule has 6 rings (SSSR count). The lowest BCUT2D eigenvalue weighted by Crippen LogP contribution is -2.27. The summed E-state index contributed by atoms with van der Waals surface area (Å²) in [7, 11) is 0. The highest BCUT2D eigenvalue weighted by molar-refractivity contribution is 5.21. The van der Waals surface area contributed by atoms with Crippen molar-refractivity contribution in [1.29, 1.82) is 0 Å². The van der Waals surface area contributed by atoms with Crippen LogP contribution < -0.4 is 0 Å². The van der Waals surface area contributed by atoms with Gasteiger partial charge in [0.15, 0.2) is 6.29 Å². The van der Waals surface area contributed by atoms with Gasteiger partial charge in [-0.25, -0.2) is 4.39 Å². The molecule has 0 aromatic heterocycles. The summed E-state index contributed by atoms with van der Waals surface area (Å²) < 4.78 is 28.3. The topological polar surface area (TPSA) is 27.7 Å². The molecule has 4 aliphatic rings. The van der Waals surface area contributed by atoms with Crippen molar-refractivity contribution in [3.63, 3.8) is 0 Å². The van der Waals surface area contributed by atoms with E-state index in [1.54, 1.807) is 13.0 Å². The van der Waals surface area contributed by atoms with Crippen LogP contribution in [0.3, 0.4) is 0 Å². The monoisotopic (exact) mass is 701 g/mol. The summed E-state index contributed by atoms with van der Waals surface area (Å²) in [4.78, 5) is 0. The zero-order valence-electron chi connectivity index (χ0n) is 34.0. The summed E-state index contributed by atoms with van der Waals surface area (Å²) in [5.74, 6) is 5.34. The van der Waals surface area contributed by atoms with E-state index in [-0.39, 0.29) is 19.5 Å². The Morgan fingerprint density at radius 1 is 0.440 bits per heavy atom. The molecular formula is C46H81FO3. The molecule has 290 valence electrons. The average Bonchev–Trinajstić information content (AvgIpc) is 3.08. The van der Waals surface area contributed by atoms with Gasteiger partial charge >= 0.3 is 0 Å². The SMILES string of the molecule is C.CC1CCC(C)CC1.CC1CCC(C)CC1.CC1CCC(C)OC1.CC1COC(C)OC1.Cc1ccc(C)c(F)c1.Cc1ccc(C)cc1. The first-order valence-corrected chi connectivity index (χ1v) is 19.7. The average molecular weight is 701 g/mol. The first-order chi connectivity index (χ1) is 23.1. The Morgan fingerprint density at radius 3 is 1.06 bits per heavy atom. The minimum absolute atomic E-state index is 0. The van der Waals surface area contributed by atoms with Crippen molar-refractivity contribution in [2.75, 3.05) is 19.8 Å². The molecule has 2 saturated carbocycles. The second kappa shape index (κ2) is 27.8. The maximum atomic E-state index is 12.6. The van der Waals surface area contributed by atoms with Gasteiger partial charge in [-0.15, -0.1) is 0 Å². The molecule has 2 aliphatic carbocycles. The van der Waals surface area contributed by atoms with Crippen LogP contribution in [0, 0.1) is 69.0 Å². The van der Waals surface area contributed by atoms with Gasteiger partial charge in [0.05, 0.1) is 19.3 Å². The number of hydrogen-bond acceptors (Lipinski definition) is 3. The maximum Gasteiger partial charge on any atom is 0.154 e. The fraction of sp³-hybridized carbons (Fsp3) is 0.739. The fourth-order valence-electron chi connectivity index (χ4n) is 5.90. The third-order valence-corrected chi connectivity index (χ3v) is 10.1. The number of benzene rings is 2. The van der Waals surface area contributed by atoms with Crippen molar-refractivity contribution < 1.29 is 18.6 Å². The summed E-state index contributed by atoms with van der Waals surface area (Å²) in [6.45, 7) is 28.4. The molecule has 2 heterocycles. The summed E-state index contributed by atoms with van der Waals surface area (Å²) in [6.07, 6.45) is 14.9. The Balaban J connectivity index is 0.000000574.